The lowest BCUT2D eigenvalue weighted by Crippen LogP contribution is -2.30. The summed E-state index contributed by atoms with van der Waals surface area (Å²) >= 11 is 0. The van der Waals surface area contributed by atoms with E-state index in [9.17, 15) is 4.79 Å². The molecule has 1 aliphatic heterocycles. The minimum absolute atomic E-state index is 0.290. The lowest BCUT2D eigenvalue weighted by Gasteiger charge is -2.15. The second-order valence-electron chi connectivity index (χ2n) is 4.32. The zero-order chi connectivity index (χ0) is 13.1. The molecule has 0 spiro atoms. The first-order valence-electron chi connectivity index (χ1n) is 6.16. The van der Waals surface area contributed by atoms with Crippen LogP contribution in [0.1, 0.15) is 5.56 Å². The van der Waals surface area contributed by atoms with Gasteiger partial charge < -0.3 is 10.1 Å². The molecule has 0 atom stereocenters. The first kappa shape index (κ1) is 11.6. The molecule has 4 heteroatoms. The number of nitrogens with one attached hydrogen (secondary N) is 1. The SMILES string of the molecule is O=C(OCc1ccccc1)N1CNc2ccccc21. The van der Waals surface area contributed by atoms with E-state index in [1.807, 2.05) is 54.6 Å². The van der Waals surface area contributed by atoms with Crippen LogP contribution in [0.5, 0.6) is 0 Å². The third-order valence-electron chi connectivity index (χ3n) is 3.05. The van der Waals surface area contributed by atoms with Gasteiger partial charge in [0.05, 0.1) is 18.0 Å². The molecule has 1 amide bonds. The highest BCUT2D eigenvalue weighted by atomic mass is 16.6. The minimum atomic E-state index is -0.332. The van der Waals surface area contributed by atoms with Gasteiger partial charge in [-0.25, -0.2) is 4.79 Å². The summed E-state index contributed by atoms with van der Waals surface area (Å²) < 4.78 is 5.32. The molecule has 0 aromatic heterocycles. The molecular weight excluding hydrogens is 240 g/mol. The first-order valence-corrected chi connectivity index (χ1v) is 6.16. The largest absolute Gasteiger partial charge is 0.444 e. The Labute approximate surface area is 111 Å². The van der Waals surface area contributed by atoms with Crippen molar-refractivity contribution in [2.45, 2.75) is 6.61 Å². The van der Waals surface area contributed by atoms with Crippen LogP contribution in [0.4, 0.5) is 16.2 Å². The van der Waals surface area contributed by atoms with Crippen molar-refractivity contribution < 1.29 is 9.53 Å². The van der Waals surface area contributed by atoms with Crippen LogP contribution < -0.4 is 10.2 Å². The molecule has 19 heavy (non-hydrogen) atoms. The van der Waals surface area contributed by atoms with Crippen molar-refractivity contribution in [3.05, 3.63) is 60.2 Å². The average molecular weight is 254 g/mol. The highest BCUT2D eigenvalue weighted by molar-refractivity contribution is 5.95. The van der Waals surface area contributed by atoms with E-state index in [2.05, 4.69) is 5.32 Å². The molecular formula is C15H14N2O2. The van der Waals surface area contributed by atoms with Gasteiger partial charge in [-0.15, -0.1) is 0 Å². The highest BCUT2D eigenvalue weighted by Gasteiger charge is 2.24. The molecule has 4 nitrogen and oxygen atoms in total. The fourth-order valence-corrected chi connectivity index (χ4v) is 2.07. The van der Waals surface area contributed by atoms with Crippen molar-refractivity contribution in [3.63, 3.8) is 0 Å². The molecule has 96 valence electrons. The second kappa shape index (κ2) is 5.02. The first-order chi connectivity index (χ1) is 9.34. The number of nitrogens with zero attached hydrogens (tertiary/aromatic N) is 1. The van der Waals surface area contributed by atoms with Crippen LogP contribution in [0.15, 0.2) is 54.6 Å². The molecule has 0 radical (unpaired) electrons. The van der Waals surface area contributed by atoms with Crippen molar-refractivity contribution in [2.24, 2.45) is 0 Å². The predicted molar refractivity (Wildman–Crippen MR) is 74.0 cm³/mol. The van der Waals surface area contributed by atoms with E-state index in [4.69, 9.17) is 4.74 Å². The van der Waals surface area contributed by atoms with Gasteiger partial charge in [0.1, 0.15) is 6.61 Å². The maximum Gasteiger partial charge on any atom is 0.416 e. The van der Waals surface area contributed by atoms with Crippen molar-refractivity contribution in [2.75, 3.05) is 16.9 Å². The number of carbonyl (C=O) groups is 1. The van der Waals surface area contributed by atoms with Gasteiger partial charge in [0.2, 0.25) is 0 Å². The van der Waals surface area contributed by atoms with E-state index in [1.165, 1.54) is 0 Å². The fraction of sp³-hybridized carbons (Fsp3) is 0.133. The molecule has 3 rings (SSSR count). The maximum absolute atomic E-state index is 12.0. The number of hydrogen-bond acceptors (Lipinski definition) is 3. The van der Waals surface area contributed by atoms with Gasteiger partial charge in [0.25, 0.3) is 0 Å². The molecule has 1 heterocycles. The zero-order valence-corrected chi connectivity index (χ0v) is 10.4. The molecule has 2 aromatic carbocycles. The Morgan fingerprint density at radius 2 is 1.84 bits per heavy atom. The van der Waals surface area contributed by atoms with E-state index >= 15 is 0 Å². The summed E-state index contributed by atoms with van der Waals surface area (Å²) in [5, 5.41) is 3.15. The highest BCUT2D eigenvalue weighted by Crippen LogP contribution is 2.30. The maximum atomic E-state index is 12.0. The lowest BCUT2D eigenvalue weighted by molar-refractivity contribution is 0.148. The number of rotatable bonds is 2. The van der Waals surface area contributed by atoms with E-state index < -0.39 is 0 Å². The summed E-state index contributed by atoms with van der Waals surface area (Å²) in [5.74, 6) is 0. The Kier molecular flexibility index (Phi) is 3.06. The summed E-state index contributed by atoms with van der Waals surface area (Å²) in [5.41, 5.74) is 2.80. The van der Waals surface area contributed by atoms with E-state index in [0.29, 0.717) is 13.3 Å². The number of hydrogen-bond donors (Lipinski definition) is 1. The van der Waals surface area contributed by atoms with Crippen molar-refractivity contribution in [1.82, 2.24) is 0 Å². The van der Waals surface area contributed by atoms with Crippen LogP contribution in [-0.2, 0) is 11.3 Å². The van der Waals surface area contributed by atoms with Gasteiger partial charge in [-0.1, -0.05) is 42.5 Å². The zero-order valence-electron chi connectivity index (χ0n) is 10.4. The molecule has 0 bridgehead atoms. The monoisotopic (exact) mass is 254 g/mol. The summed E-state index contributed by atoms with van der Waals surface area (Å²) in [6.07, 6.45) is -0.332. The quantitative estimate of drug-likeness (QED) is 0.894. The number of ether oxygens (including phenoxy) is 1. The summed E-state index contributed by atoms with van der Waals surface area (Å²) in [6, 6.07) is 17.3. The molecule has 0 saturated carbocycles. The van der Waals surface area contributed by atoms with Gasteiger partial charge in [-0.2, -0.15) is 0 Å². The summed E-state index contributed by atoms with van der Waals surface area (Å²) in [4.78, 5) is 13.6. The Morgan fingerprint density at radius 3 is 2.68 bits per heavy atom. The van der Waals surface area contributed by atoms with Gasteiger partial charge in [0, 0.05) is 0 Å². The van der Waals surface area contributed by atoms with Gasteiger partial charge >= 0.3 is 6.09 Å². The van der Waals surface area contributed by atoms with Gasteiger partial charge in [-0.3, -0.25) is 4.90 Å². The molecule has 1 N–H and O–H groups in total. The Bertz CT molecular complexity index is 584. The third-order valence-corrected chi connectivity index (χ3v) is 3.05. The topological polar surface area (TPSA) is 41.6 Å². The van der Waals surface area contributed by atoms with Crippen molar-refractivity contribution in [3.8, 4) is 0 Å². The summed E-state index contributed by atoms with van der Waals surface area (Å²) in [6.45, 7) is 0.741. The van der Waals surface area contributed by atoms with Crippen LogP contribution in [0.3, 0.4) is 0 Å². The van der Waals surface area contributed by atoms with Gasteiger partial charge in [-0.05, 0) is 17.7 Å². The molecule has 0 aliphatic carbocycles. The minimum Gasteiger partial charge on any atom is -0.444 e. The number of anilines is 2. The lowest BCUT2D eigenvalue weighted by atomic mass is 10.2. The van der Waals surface area contributed by atoms with Crippen LogP contribution in [0, 0.1) is 0 Å². The Morgan fingerprint density at radius 1 is 1.11 bits per heavy atom. The second-order valence-corrected chi connectivity index (χ2v) is 4.32. The summed E-state index contributed by atoms with van der Waals surface area (Å²) in [7, 11) is 0. The van der Waals surface area contributed by atoms with Crippen LogP contribution in [0.2, 0.25) is 0 Å². The average Bonchev–Trinajstić information content (AvgIpc) is 2.90. The van der Waals surface area contributed by atoms with Crippen LogP contribution in [-0.4, -0.2) is 12.8 Å². The van der Waals surface area contributed by atoms with Crippen LogP contribution >= 0.6 is 0 Å². The molecule has 0 unspecified atom stereocenters. The van der Waals surface area contributed by atoms with E-state index in [1.54, 1.807) is 4.90 Å². The van der Waals surface area contributed by atoms with Crippen molar-refractivity contribution in [1.29, 1.82) is 0 Å². The van der Waals surface area contributed by atoms with Gasteiger partial charge in [0.15, 0.2) is 0 Å². The fourth-order valence-electron chi connectivity index (χ4n) is 2.07. The van der Waals surface area contributed by atoms with E-state index in [-0.39, 0.29) is 6.09 Å². The third kappa shape index (κ3) is 2.38. The number of carbonyl (C=O) groups excluding carboxylic acids is 1. The standard InChI is InChI=1S/C15H14N2O2/c18-15(19-10-12-6-2-1-3-7-12)17-11-16-13-8-4-5-9-14(13)17/h1-9,16H,10-11H2. The molecule has 0 fully saturated rings. The molecule has 0 saturated heterocycles. The Hall–Kier alpha value is -2.49. The number of para-hydroxylation sites is 2. The van der Waals surface area contributed by atoms with Crippen molar-refractivity contribution >= 4 is 17.5 Å². The molecule has 1 aliphatic rings. The number of amides is 1. The molecule has 2 aromatic rings. The van der Waals surface area contributed by atoms with Crippen LogP contribution in [0.25, 0.3) is 0 Å². The normalized spacial score (nSPS) is 12.7. The Balaban J connectivity index is 1.66. The number of benzene rings is 2. The predicted octanol–water partition coefficient (Wildman–Crippen LogP) is 3.21. The number of fused-ring (bicyclic) bond motifs is 1. The van der Waals surface area contributed by atoms with E-state index in [0.717, 1.165) is 16.9 Å². The smallest absolute Gasteiger partial charge is 0.416 e.